The zero-order valence-corrected chi connectivity index (χ0v) is 16.5. The second-order valence-corrected chi connectivity index (χ2v) is 6.67. The van der Waals surface area contributed by atoms with Crippen molar-refractivity contribution in [2.45, 2.75) is 0 Å². The molecule has 0 unspecified atom stereocenters. The number of carbonyl (C=O) groups is 1. The number of carbonyl (C=O) groups excluding carboxylic acids is 1. The van der Waals surface area contributed by atoms with Crippen molar-refractivity contribution < 1.29 is 4.79 Å². The van der Waals surface area contributed by atoms with E-state index in [9.17, 15) is 9.59 Å². The molecule has 0 amide bonds. The molecule has 4 aromatic rings. The largest absolute Gasteiger partial charge is 0.348 e. The highest BCUT2D eigenvalue weighted by Gasteiger charge is 2.12. The first-order valence-corrected chi connectivity index (χ1v) is 9.22. The third-order valence-corrected chi connectivity index (χ3v) is 4.67. The van der Waals surface area contributed by atoms with Gasteiger partial charge in [0.05, 0.1) is 17.9 Å². The standard InChI is InChI=1S/C21H19N7O2/c1-27-10-9-23-20(27)15-5-3-14(4-6-15)18(29)12-24-21-26-17(11-19(30)28(21)2)16-7-8-22-13-25-16/h3-11,13H,12H2,1-2H3,(H,24,26). The van der Waals surface area contributed by atoms with Gasteiger partial charge in [-0.25, -0.2) is 19.9 Å². The van der Waals surface area contributed by atoms with Crippen LogP contribution >= 0.6 is 0 Å². The monoisotopic (exact) mass is 401 g/mol. The predicted octanol–water partition coefficient (Wildman–Crippen LogP) is 1.93. The molecule has 9 heteroatoms. The summed E-state index contributed by atoms with van der Waals surface area (Å²) in [7, 11) is 3.51. The van der Waals surface area contributed by atoms with Crippen LogP contribution in [0.1, 0.15) is 10.4 Å². The summed E-state index contributed by atoms with van der Waals surface area (Å²) in [5.41, 5.74) is 2.16. The lowest BCUT2D eigenvalue weighted by atomic mass is 10.1. The molecule has 1 aromatic carbocycles. The van der Waals surface area contributed by atoms with Gasteiger partial charge in [-0.3, -0.25) is 14.2 Å². The Morgan fingerprint density at radius 1 is 1.03 bits per heavy atom. The number of aromatic nitrogens is 6. The van der Waals surface area contributed by atoms with Gasteiger partial charge in [0.15, 0.2) is 5.78 Å². The van der Waals surface area contributed by atoms with Gasteiger partial charge < -0.3 is 9.88 Å². The third-order valence-electron chi connectivity index (χ3n) is 4.67. The summed E-state index contributed by atoms with van der Waals surface area (Å²) in [5.74, 6) is 0.991. The van der Waals surface area contributed by atoms with Crippen LogP contribution in [0.3, 0.4) is 0 Å². The Morgan fingerprint density at radius 2 is 1.83 bits per heavy atom. The van der Waals surface area contributed by atoms with E-state index in [2.05, 4.69) is 25.3 Å². The van der Waals surface area contributed by atoms with Crippen LogP contribution < -0.4 is 10.9 Å². The molecule has 0 fully saturated rings. The number of hydrogen-bond acceptors (Lipinski definition) is 7. The number of benzene rings is 1. The van der Waals surface area contributed by atoms with E-state index in [1.807, 2.05) is 29.9 Å². The summed E-state index contributed by atoms with van der Waals surface area (Å²) in [6.45, 7) is -0.00470. The number of imidazole rings is 1. The number of nitrogens with zero attached hydrogens (tertiary/aromatic N) is 6. The number of Topliss-reactive ketones (excluding diaryl/α,β-unsaturated/α-hetero) is 1. The maximum Gasteiger partial charge on any atom is 0.255 e. The van der Waals surface area contributed by atoms with E-state index in [1.165, 1.54) is 17.0 Å². The second-order valence-electron chi connectivity index (χ2n) is 6.67. The van der Waals surface area contributed by atoms with E-state index < -0.39 is 0 Å². The molecule has 0 bridgehead atoms. The summed E-state index contributed by atoms with van der Waals surface area (Å²) in [6.07, 6.45) is 6.56. The van der Waals surface area contributed by atoms with Crippen molar-refractivity contribution in [3.8, 4) is 22.8 Å². The summed E-state index contributed by atoms with van der Waals surface area (Å²) < 4.78 is 3.26. The third kappa shape index (κ3) is 3.86. The molecule has 150 valence electrons. The first kappa shape index (κ1) is 19.2. The maximum absolute atomic E-state index is 12.6. The van der Waals surface area contributed by atoms with Gasteiger partial charge in [-0.2, -0.15) is 0 Å². The minimum atomic E-state index is -0.256. The lowest BCUT2D eigenvalue weighted by Gasteiger charge is -2.11. The fraction of sp³-hybridized carbons (Fsp3) is 0.143. The molecule has 0 saturated heterocycles. The Bertz CT molecular complexity index is 1240. The highest BCUT2D eigenvalue weighted by molar-refractivity contribution is 5.99. The Kier molecular flexibility index (Phi) is 5.17. The maximum atomic E-state index is 12.6. The molecule has 0 saturated carbocycles. The van der Waals surface area contributed by atoms with E-state index in [4.69, 9.17) is 0 Å². The van der Waals surface area contributed by atoms with Crippen LogP contribution in [0.25, 0.3) is 22.8 Å². The summed E-state index contributed by atoms with van der Waals surface area (Å²) in [5, 5.41) is 2.96. The summed E-state index contributed by atoms with van der Waals surface area (Å²) in [6, 6.07) is 10.3. The van der Waals surface area contributed by atoms with Gasteiger partial charge in [-0.1, -0.05) is 24.3 Å². The number of aryl methyl sites for hydroxylation is 1. The highest BCUT2D eigenvalue weighted by atomic mass is 16.1. The van der Waals surface area contributed by atoms with E-state index in [1.54, 1.807) is 37.6 Å². The van der Waals surface area contributed by atoms with E-state index in [0.717, 1.165) is 11.4 Å². The van der Waals surface area contributed by atoms with Gasteiger partial charge in [0, 0.05) is 49.9 Å². The molecule has 0 aliphatic rings. The van der Waals surface area contributed by atoms with Crippen molar-refractivity contribution in [2.75, 3.05) is 11.9 Å². The van der Waals surface area contributed by atoms with Gasteiger partial charge >= 0.3 is 0 Å². The SMILES string of the molecule is Cn1ccnc1-c1ccc(C(=O)CNc2nc(-c3ccncn3)cc(=O)n2C)cc1. The number of anilines is 1. The zero-order valence-electron chi connectivity index (χ0n) is 16.5. The second kappa shape index (κ2) is 8.08. The molecule has 4 rings (SSSR count). The summed E-state index contributed by atoms with van der Waals surface area (Å²) in [4.78, 5) is 41.6. The van der Waals surface area contributed by atoms with Crippen LogP contribution in [0, 0.1) is 0 Å². The number of hydrogen-bond donors (Lipinski definition) is 1. The van der Waals surface area contributed by atoms with E-state index in [-0.39, 0.29) is 23.8 Å². The smallest absolute Gasteiger partial charge is 0.255 e. The number of rotatable bonds is 6. The Labute approximate surface area is 172 Å². The summed E-state index contributed by atoms with van der Waals surface area (Å²) >= 11 is 0. The van der Waals surface area contributed by atoms with Crippen molar-refractivity contribution in [3.63, 3.8) is 0 Å². The van der Waals surface area contributed by atoms with Gasteiger partial charge in [0.1, 0.15) is 12.2 Å². The topological polar surface area (TPSA) is 108 Å². The van der Waals surface area contributed by atoms with E-state index in [0.29, 0.717) is 17.0 Å². The van der Waals surface area contributed by atoms with Gasteiger partial charge in [-0.05, 0) is 6.07 Å². The first-order valence-electron chi connectivity index (χ1n) is 9.22. The minimum Gasteiger partial charge on any atom is -0.348 e. The van der Waals surface area contributed by atoms with Crippen molar-refractivity contribution in [1.82, 2.24) is 29.1 Å². The molecular formula is C21H19N7O2. The normalized spacial score (nSPS) is 10.7. The first-order chi connectivity index (χ1) is 14.5. The zero-order chi connectivity index (χ0) is 21.1. The Hall–Kier alpha value is -4.14. The molecule has 0 aliphatic carbocycles. The van der Waals surface area contributed by atoms with Crippen LogP contribution in [-0.4, -0.2) is 41.4 Å². The van der Waals surface area contributed by atoms with Gasteiger partial charge in [0.2, 0.25) is 5.95 Å². The molecular weight excluding hydrogens is 382 g/mol. The number of ketones is 1. The van der Waals surface area contributed by atoms with Crippen LogP contribution in [-0.2, 0) is 14.1 Å². The lowest BCUT2D eigenvalue weighted by molar-refractivity contribution is 0.101. The molecule has 0 radical (unpaired) electrons. The lowest BCUT2D eigenvalue weighted by Crippen LogP contribution is -2.24. The minimum absolute atomic E-state index is 0.00470. The van der Waals surface area contributed by atoms with Crippen molar-refractivity contribution >= 4 is 11.7 Å². The van der Waals surface area contributed by atoms with Gasteiger partial charge in [0.25, 0.3) is 5.56 Å². The fourth-order valence-electron chi connectivity index (χ4n) is 2.98. The Morgan fingerprint density at radius 3 is 2.50 bits per heavy atom. The van der Waals surface area contributed by atoms with E-state index >= 15 is 0 Å². The van der Waals surface area contributed by atoms with Crippen molar-refractivity contribution in [1.29, 1.82) is 0 Å². The molecule has 30 heavy (non-hydrogen) atoms. The quantitative estimate of drug-likeness (QED) is 0.492. The molecule has 9 nitrogen and oxygen atoms in total. The Balaban J connectivity index is 1.51. The average molecular weight is 401 g/mol. The van der Waals surface area contributed by atoms with Crippen LogP contribution in [0.2, 0.25) is 0 Å². The molecule has 0 aliphatic heterocycles. The van der Waals surface area contributed by atoms with Crippen LogP contribution in [0.15, 0.2) is 66.1 Å². The fourth-order valence-corrected chi connectivity index (χ4v) is 2.98. The molecule has 3 aromatic heterocycles. The molecule has 0 atom stereocenters. The molecule has 3 heterocycles. The van der Waals surface area contributed by atoms with Gasteiger partial charge in [-0.15, -0.1) is 0 Å². The highest BCUT2D eigenvalue weighted by Crippen LogP contribution is 2.18. The van der Waals surface area contributed by atoms with Crippen molar-refractivity contribution in [2.24, 2.45) is 14.1 Å². The van der Waals surface area contributed by atoms with Crippen molar-refractivity contribution in [3.05, 3.63) is 77.2 Å². The average Bonchev–Trinajstić information content (AvgIpc) is 3.21. The number of nitrogens with one attached hydrogen (secondary N) is 1. The molecule has 0 spiro atoms. The van der Waals surface area contributed by atoms with Crippen LogP contribution in [0.5, 0.6) is 0 Å². The predicted molar refractivity (Wildman–Crippen MR) is 112 cm³/mol. The molecule has 1 N–H and O–H groups in total. The van der Waals surface area contributed by atoms with Crippen LogP contribution in [0.4, 0.5) is 5.95 Å².